The molecule has 116 valence electrons. The Morgan fingerprint density at radius 3 is 1.95 bits per heavy atom. The van der Waals surface area contributed by atoms with Gasteiger partial charge in [0.05, 0.1) is 0 Å². The summed E-state index contributed by atoms with van der Waals surface area (Å²) in [6.07, 6.45) is 0. The molecule has 0 aromatic carbocycles. The molecule has 9 heteroatoms. The Kier molecular flexibility index (Phi) is 3.52. The first kappa shape index (κ1) is 15.1. The summed E-state index contributed by atoms with van der Waals surface area (Å²) in [5.41, 5.74) is -1.94. The van der Waals surface area contributed by atoms with Gasteiger partial charge < -0.3 is 9.74 Å². The van der Waals surface area contributed by atoms with Gasteiger partial charge >= 0.3 is 23.6 Å². The molecule has 0 saturated carbocycles. The topological polar surface area (TPSA) is 85.8 Å². The molecule has 2 rings (SSSR count). The van der Waals surface area contributed by atoms with Crippen LogP contribution >= 0.6 is 0 Å². The predicted molar refractivity (Wildman–Crippen MR) is 72.9 cm³/mol. The number of likely N-dealkylation sites (N-methyl/N-ethyl adjacent to an activating group) is 3. The van der Waals surface area contributed by atoms with Gasteiger partial charge in [-0.15, -0.1) is 0 Å². The molecule has 2 aliphatic heterocycles. The zero-order chi connectivity index (χ0) is 15.9. The van der Waals surface area contributed by atoms with E-state index in [4.69, 9.17) is 4.84 Å². The van der Waals surface area contributed by atoms with Gasteiger partial charge in [0, 0.05) is 34.2 Å². The van der Waals surface area contributed by atoms with Gasteiger partial charge in [-0.1, -0.05) is 0 Å². The van der Waals surface area contributed by atoms with E-state index >= 15 is 0 Å². The molecule has 0 bridgehead atoms. The minimum absolute atomic E-state index is 0.387. The first-order valence-corrected chi connectivity index (χ1v) is 6.68. The molecule has 2 heterocycles. The van der Waals surface area contributed by atoms with Crippen LogP contribution in [0.1, 0.15) is 13.8 Å². The molecule has 0 aliphatic carbocycles. The van der Waals surface area contributed by atoms with Crippen LogP contribution in [0.5, 0.6) is 0 Å². The van der Waals surface area contributed by atoms with Gasteiger partial charge in [-0.3, -0.25) is 24.3 Å². The van der Waals surface area contributed by atoms with Crippen molar-refractivity contribution < 1.29 is 19.2 Å². The van der Waals surface area contributed by atoms with E-state index in [0.29, 0.717) is 19.0 Å². The van der Waals surface area contributed by atoms with Gasteiger partial charge in [-0.25, -0.2) is 4.79 Å². The maximum atomic E-state index is 12.5. The zero-order valence-electron chi connectivity index (χ0n) is 12.8. The molecule has 1 saturated heterocycles. The van der Waals surface area contributed by atoms with Crippen molar-refractivity contribution in [3.63, 3.8) is 0 Å². The summed E-state index contributed by atoms with van der Waals surface area (Å²) in [7, 11) is 4.17. The number of hydrogen-bond donors (Lipinski definition) is 0. The minimum atomic E-state index is -1.94. The Morgan fingerprint density at radius 2 is 1.52 bits per heavy atom. The Hall–Kier alpha value is -2.32. The van der Waals surface area contributed by atoms with Crippen molar-refractivity contribution in [1.29, 1.82) is 0 Å². The van der Waals surface area contributed by atoms with E-state index in [0.717, 1.165) is 9.80 Å². The number of carbonyl (C=O) groups is 3. The fourth-order valence-electron chi connectivity index (χ4n) is 2.46. The van der Waals surface area contributed by atoms with Crippen LogP contribution in [0.15, 0.2) is 5.16 Å². The first-order chi connectivity index (χ1) is 9.82. The van der Waals surface area contributed by atoms with Crippen LogP contribution in [0.4, 0.5) is 4.79 Å². The molecule has 21 heavy (non-hydrogen) atoms. The summed E-state index contributed by atoms with van der Waals surface area (Å²) in [6, 6.07) is -0.691. The van der Waals surface area contributed by atoms with Crippen molar-refractivity contribution in [1.82, 2.24) is 19.6 Å². The maximum absolute atomic E-state index is 12.5. The number of amides is 4. The maximum Gasteiger partial charge on any atom is 0.370 e. The second-order valence-corrected chi connectivity index (χ2v) is 4.87. The quantitative estimate of drug-likeness (QED) is 0.627. The van der Waals surface area contributed by atoms with Crippen LogP contribution in [-0.2, 0) is 14.4 Å². The monoisotopic (exact) mass is 297 g/mol. The minimum Gasteiger partial charge on any atom is -0.342 e. The Morgan fingerprint density at radius 1 is 1.05 bits per heavy atom. The van der Waals surface area contributed by atoms with E-state index in [1.54, 1.807) is 7.05 Å². The highest BCUT2D eigenvalue weighted by atomic mass is 16.7. The molecule has 1 spiro atoms. The average Bonchev–Trinajstić information content (AvgIpc) is 2.82. The SMILES string of the molecule is CCN(CC)C1=NOC2(C(=O)N(C)C(=O)N(C)C2=O)N1C. The number of hydrogen-bond acceptors (Lipinski definition) is 7. The summed E-state index contributed by atoms with van der Waals surface area (Å²) in [5, 5.41) is 3.89. The van der Waals surface area contributed by atoms with Crippen molar-refractivity contribution in [3.05, 3.63) is 0 Å². The van der Waals surface area contributed by atoms with Gasteiger partial charge in [-0.05, 0) is 19.0 Å². The Balaban J connectivity index is 2.42. The number of barbiturate groups is 1. The van der Waals surface area contributed by atoms with Crippen molar-refractivity contribution in [2.45, 2.75) is 19.6 Å². The number of nitrogens with zero attached hydrogens (tertiary/aromatic N) is 5. The second-order valence-electron chi connectivity index (χ2n) is 4.87. The fourth-order valence-corrected chi connectivity index (χ4v) is 2.46. The molecular weight excluding hydrogens is 278 g/mol. The molecule has 0 atom stereocenters. The van der Waals surface area contributed by atoms with E-state index < -0.39 is 23.6 Å². The summed E-state index contributed by atoms with van der Waals surface area (Å²) in [4.78, 5) is 46.9. The molecule has 0 unspecified atom stereocenters. The van der Waals surface area contributed by atoms with Gasteiger partial charge in [0.15, 0.2) is 0 Å². The molecule has 4 amide bonds. The normalized spacial score (nSPS) is 21.1. The number of oxime groups is 1. The molecule has 1 fully saturated rings. The van der Waals surface area contributed by atoms with Crippen LogP contribution in [0.2, 0.25) is 0 Å². The highest BCUT2D eigenvalue weighted by Gasteiger charge is 2.65. The average molecular weight is 297 g/mol. The van der Waals surface area contributed by atoms with Crippen LogP contribution < -0.4 is 0 Å². The standard InChI is InChI=1S/C12H19N5O4/c1-6-17(7-2)10-13-21-12(16(10)5)8(18)14(3)11(20)15(4)9(12)19/h6-7H2,1-5H3. The van der Waals surface area contributed by atoms with E-state index in [2.05, 4.69) is 5.16 Å². The lowest BCUT2D eigenvalue weighted by Gasteiger charge is -2.41. The van der Waals surface area contributed by atoms with Crippen molar-refractivity contribution in [2.24, 2.45) is 5.16 Å². The van der Waals surface area contributed by atoms with Gasteiger partial charge in [-0.2, -0.15) is 0 Å². The zero-order valence-corrected chi connectivity index (χ0v) is 12.8. The summed E-state index contributed by atoms with van der Waals surface area (Å²) in [6.45, 7) is 5.15. The summed E-state index contributed by atoms with van der Waals surface area (Å²) >= 11 is 0. The third-order valence-electron chi connectivity index (χ3n) is 3.84. The molecule has 9 nitrogen and oxygen atoms in total. The van der Waals surface area contributed by atoms with Gasteiger partial charge in [0.1, 0.15) is 0 Å². The highest BCUT2D eigenvalue weighted by Crippen LogP contribution is 2.32. The smallest absolute Gasteiger partial charge is 0.342 e. The highest BCUT2D eigenvalue weighted by molar-refractivity contribution is 6.22. The van der Waals surface area contributed by atoms with E-state index in [9.17, 15) is 14.4 Å². The Bertz CT molecular complexity index is 504. The van der Waals surface area contributed by atoms with Crippen molar-refractivity contribution in [3.8, 4) is 0 Å². The van der Waals surface area contributed by atoms with Crippen LogP contribution in [0.3, 0.4) is 0 Å². The second kappa shape index (κ2) is 4.90. The van der Waals surface area contributed by atoms with Crippen LogP contribution in [0, 0.1) is 0 Å². The third kappa shape index (κ3) is 1.76. The molecule has 0 radical (unpaired) electrons. The number of urea groups is 1. The molecular formula is C12H19N5O4. The molecule has 2 aliphatic rings. The first-order valence-electron chi connectivity index (χ1n) is 6.68. The summed E-state index contributed by atoms with van der Waals surface area (Å²) in [5.74, 6) is -1.11. The number of rotatable bonds is 2. The molecule has 0 N–H and O–H groups in total. The predicted octanol–water partition coefficient (Wildman–Crippen LogP) is -0.692. The number of carbonyl (C=O) groups excluding carboxylic acids is 3. The number of imide groups is 2. The molecule has 0 aromatic rings. The fraction of sp³-hybridized carbons (Fsp3) is 0.667. The van der Waals surface area contributed by atoms with E-state index in [1.165, 1.54) is 19.0 Å². The van der Waals surface area contributed by atoms with Crippen LogP contribution in [-0.4, -0.2) is 83.4 Å². The van der Waals surface area contributed by atoms with E-state index in [-0.39, 0.29) is 0 Å². The molecule has 0 aromatic heterocycles. The third-order valence-corrected chi connectivity index (χ3v) is 3.84. The van der Waals surface area contributed by atoms with Crippen molar-refractivity contribution >= 4 is 23.8 Å². The summed E-state index contributed by atoms with van der Waals surface area (Å²) < 4.78 is 0. The van der Waals surface area contributed by atoms with Gasteiger partial charge in [0.2, 0.25) is 5.96 Å². The lowest BCUT2D eigenvalue weighted by atomic mass is 10.1. The van der Waals surface area contributed by atoms with Crippen molar-refractivity contribution in [2.75, 3.05) is 34.2 Å². The van der Waals surface area contributed by atoms with Crippen LogP contribution in [0.25, 0.3) is 0 Å². The van der Waals surface area contributed by atoms with Gasteiger partial charge in [0.25, 0.3) is 0 Å². The largest absolute Gasteiger partial charge is 0.370 e. The van der Waals surface area contributed by atoms with E-state index in [1.807, 2.05) is 18.7 Å². The lowest BCUT2D eigenvalue weighted by molar-refractivity contribution is -0.186. The number of guanidine groups is 1. The Labute approximate surface area is 122 Å². The lowest BCUT2D eigenvalue weighted by Crippen LogP contribution is -2.73.